The summed E-state index contributed by atoms with van der Waals surface area (Å²) in [5, 5.41) is 14.5. The Bertz CT molecular complexity index is 384. The molecule has 0 saturated carbocycles. The SMILES string of the molecule is NC(CCCNc1ccc(F)cc1Cl)=NO. The zero-order chi connectivity index (χ0) is 12.0. The van der Waals surface area contributed by atoms with Gasteiger partial charge in [-0.1, -0.05) is 16.8 Å². The Morgan fingerprint density at radius 3 is 2.94 bits per heavy atom. The minimum absolute atomic E-state index is 0.187. The van der Waals surface area contributed by atoms with E-state index in [9.17, 15) is 4.39 Å². The van der Waals surface area contributed by atoms with Crippen LogP contribution in [0.25, 0.3) is 0 Å². The van der Waals surface area contributed by atoms with E-state index in [1.54, 1.807) is 6.07 Å². The molecule has 0 aliphatic carbocycles. The summed E-state index contributed by atoms with van der Waals surface area (Å²) in [6, 6.07) is 4.15. The van der Waals surface area contributed by atoms with E-state index < -0.39 is 0 Å². The molecule has 0 aliphatic heterocycles. The van der Waals surface area contributed by atoms with Crippen LogP contribution in [0.4, 0.5) is 10.1 Å². The molecule has 0 spiro atoms. The zero-order valence-electron chi connectivity index (χ0n) is 8.58. The van der Waals surface area contributed by atoms with E-state index in [0.29, 0.717) is 30.1 Å². The molecule has 4 N–H and O–H groups in total. The van der Waals surface area contributed by atoms with Crippen LogP contribution < -0.4 is 11.1 Å². The maximum atomic E-state index is 12.7. The van der Waals surface area contributed by atoms with Gasteiger partial charge in [0.1, 0.15) is 11.7 Å². The fourth-order valence-corrected chi connectivity index (χ4v) is 1.41. The number of hydrogen-bond donors (Lipinski definition) is 3. The number of nitrogens with zero attached hydrogens (tertiary/aromatic N) is 1. The number of nitrogens with two attached hydrogens (primary N) is 1. The molecule has 1 aromatic carbocycles. The maximum absolute atomic E-state index is 12.7. The van der Waals surface area contributed by atoms with Gasteiger partial charge >= 0.3 is 0 Å². The standard InChI is InChI=1S/C10H13ClFN3O/c11-8-6-7(12)3-4-9(8)14-5-1-2-10(13)15-16/h3-4,6,14,16H,1-2,5H2,(H2,13,15). The molecule has 88 valence electrons. The van der Waals surface area contributed by atoms with Crippen LogP contribution in [0.1, 0.15) is 12.8 Å². The molecule has 0 fully saturated rings. The van der Waals surface area contributed by atoms with E-state index in [-0.39, 0.29) is 11.7 Å². The van der Waals surface area contributed by atoms with Crippen LogP contribution in [0.5, 0.6) is 0 Å². The number of oxime groups is 1. The lowest BCUT2D eigenvalue weighted by Gasteiger charge is -2.07. The highest BCUT2D eigenvalue weighted by atomic mass is 35.5. The second-order valence-electron chi connectivity index (χ2n) is 3.25. The summed E-state index contributed by atoms with van der Waals surface area (Å²) in [6.45, 7) is 0.613. The minimum Gasteiger partial charge on any atom is -0.409 e. The van der Waals surface area contributed by atoms with Crippen LogP contribution in [0.2, 0.25) is 5.02 Å². The van der Waals surface area contributed by atoms with Crippen molar-refractivity contribution in [2.24, 2.45) is 10.9 Å². The number of halogens is 2. The third-order valence-corrected chi connectivity index (χ3v) is 2.30. The molecule has 1 rings (SSSR count). The molecular weight excluding hydrogens is 233 g/mol. The van der Waals surface area contributed by atoms with Gasteiger partial charge in [-0.3, -0.25) is 0 Å². The summed E-state index contributed by atoms with van der Waals surface area (Å²) < 4.78 is 12.7. The third kappa shape index (κ3) is 3.94. The van der Waals surface area contributed by atoms with Crippen molar-refractivity contribution >= 4 is 23.1 Å². The number of amidine groups is 1. The average Bonchev–Trinajstić information content (AvgIpc) is 2.26. The molecule has 6 heteroatoms. The summed E-state index contributed by atoms with van der Waals surface area (Å²) in [4.78, 5) is 0. The van der Waals surface area contributed by atoms with Crippen molar-refractivity contribution in [2.45, 2.75) is 12.8 Å². The van der Waals surface area contributed by atoms with Crippen LogP contribution in [-0.2, 0) is 0 Å². The van der Waals surface area contributed by atoms with Gasteiger partial charge in [-0.25, -0.2) is 4.39 Å². The predicted molar refractivity (Wildman–Crippen MR) is 62.5 cm³/mol. The van der Waals surface area contributed by atoms with Gasteiger partial charge in [0.25, 0.3) is 0 Å². The first-order chi connectivity index (χ1) is 7.63. The van der Waals surface area contributed by atoms with Gasteiger partial charge in [0.05, 0.1) is 10.7 Å². The van der Waals surface area contributed by atoms with E-state index in [1.807, 2.05) is 0 Å². The van der Waals surface area contributed by atoms with Crippen molar-refractivity contribution in [1.82, 2.24) is 0 Å². The quantitative estimate of drug-likeness (QED) is 0.245. The Hall–Kier alpha value is -1.49. The van der Waals surface area contributed by atoms with Crippen molar-refractivity contribution < 1.29 is 9.60 Å². The molecule has 0 heterocycles. The Morgan fingerprint density at radius 1 is 1.56 bits per heavy atom. The smallest absolute Gasteiger partial charge is 0.139 e. The van der Waals surface area contributed by atoms with Crippen LogP contribution in [0.3, 0.4) is 0 Å². The van der Waals surface area contributed by atoms with Crippen molar-refractivity contribution in [3.05, 3.63) is 29.0 Å². The molecular formula is C10H13ClFN3O. The van der Waals surface area contributed by atoms with Gasteiger partial charge in [-0.05, 0) is 24.6 Å². The van der Waals surface area contributed by atoms with E-state index in [2.05, 4.69) is 10.5 Å². The Morgan fingerprint density at radius 2 is 2.31 bits per heavy atom. The minimum atomic E-state index is -0.368. The van der Waals surface area contributed by atoms with Crippen molar-refractivity contribution in [3.63, 3.8) is 0 Å². The first-order valence-electron chi connectivity index (χ1n) is 4.79. The summed E-state index contributed by atoms with van der Waals surface area (Å²) in [5.74, 6) is -0.181. The van der Waals surface area contributed by atoms with E-state index in [4.69, 9.17) is 22.5 Å². The number of anilines is 1. The largest absolute Gasteiger partial charge is 0.409 e. The van der Waals surface area contributed by atoms with Crippen molar-refractivity contribution in [1.29, 1.82) is 0 Å². The van der Waals surface area contributed by atoms with Gasteiger partial charge in [-0.2, -0.15) is 0 Å². The average molecular weight is 246 g/mol. The Labute approximate surface area is 97.9 Å². The molecule has 0 unspecified atom stereocenters. The highest BCUT2D eigenvalue weighted by Crippen LogP contribution is 2.22. The molecule has 0 saturated heterocycles. The predicted octanol–water partition coefficient (Wildman–Crippen LogP) is 2.42. The third-order valence-electron chi connectivity index (χ3n) is 1.98. The summed E-state index contributed by atoms with van der Waals surface area (Å²) in [7, 11) is 0. The first-order valence-corrected chi connectivity index (χ1v) is 5.16. The van der Waals surface area contributed by atoms with Crippen molar-refractivity contribution in [2.75, 3.05) is 11.9 Å². The number of benzene rings is 1. The topological polar surface area (TPSA) is 70.6 Å². The maximum Gasteiger partial charge on any atom is 0.139 e. The van der Waals surface area contributed by atoms with E-state index in [1.165, 1.54) is 12.1 Å². The number of nitrogens with one attached hydrogen (secondary N) is 1. The fraction of sp³-hybridized carbons (Fsp3) is 0.300. The van der Waals surface area contributed by atoms with Crippen molar-refractivity contribution in [3.8, 4) is 0 Å². The van der Waals surface area contributed by atoms with Crippen LogP contribution in [-0.4, -0.2) is 17.6 Å². The molecule has 1 aromatic rings. The molecule has 0 bridgehead atoms. The summed E-state index contributed by atoms with van der Waals surface area (Å²) in [5.41, 5.74) is 5.97. The lowest BCUT2D eigenvalue weighted by Crippen LogP contribution is -2.13. The fourth-order valence-electron chi connectivity index (χ4n) is 1.18. The Balaban J connectivity index is 2.37. The number of hydrogen-bond acceptors (Lipinski definition) is 3. The lowest BCUT2D eigenvalue weighted by atomic mass is 10.2. The highest BCUT2D eigenvalue weighted by molar-refractivity contribution is 6.33. The van der Waals surface area contributed by atoms with Gasteiger partial charge in [0, 0.05) is 13.0 Å². The van der Waals surface area contributed by atoms with Crippen LogP contribution in [0, 0.1) is 5.82 Å². The molecule has 0 amide bonds. The summed E-state index contributed by atoms with van der Waals surface area (Å²) in [6.07, 6.45) is 1.19. The second-order valence-corrected chi connectivity index (χ2v) is 3.65. The van der Waals surface area contributed by atoms with Gasteiger partial charge in [0.15, 0.2) is 0 Å². The number of rotatable bonds is 5. The molecule has 16 heavy (non-hydrogen) atoms. The highest BCUT2D eigenvalue weighted by Gasteiger charge is 2.01. The monoisotopic (exact) mass is 245 g/mol. The molecule has 0 aliphatic rings. The molecule has 4 nitrogen and oxygen atoms in total. The molecule has 0 aromatic heterocycles. The van der Waals surface area contributed by atoms with E-state index >= 15 is 0 Å². The summed E-state index contributed by atoms with van der Waals surface area (Å²) >= 11 is 5.81. The van der Waals surface area contributed by atoms with E-state index in [0.717, 1.165) is 0 Å². The van der Waals surface area contributed by atoms with Crippen LogP contribution >= 0.6 is 11.6 Å². The first kappa shape index (κ1) is 12.6. The molecule has 0 atom stereocenters. The normalized spacial score (nSPS) is 11.5. The van der Waals surface area contributed by atoms with Gasteiger partial charge in [-0.15, -0.1) is 0 Å². The molecule has 0 radical (unpaired) electrons. The van der Waals surface area contributed by atoms with Gasteiger partial charge in [0.2, 0.25) is 0 Å². The van der Waals surface area contributed by atoms with Gasteiger partial charge < -0.3 is 16.3 Å². The zero-order valence-corrected chi connectivity index (χ0v) is 9.34. The second kappa shape index (κ2) is 6.17. The lowest BCUT2D eigenvalue weighted by molar-refractivity contribution is 0.316. The van der Waals surface area contributed by atoms with Crippen LogP contribution in [0.15, 0.2) is 23.4 Å². The Kier molecular flexibility index (Phi) is 4.85.